The zero-order valence-corrected chi connectivity index (χ0v) is 18.3. The molecule has 0 radical (unpaired) electrons. The van der Waals surface area contributed by atoms with Crippen molar-refractivity contribution in [2.24, 2.45) is 0 Å². The van der Waals surface area contributed by atoms with Crippen molar-refractivity contribution >= 4 is 47.5 Å². The second-order valence-corrected chi connectivity index (χ2v) is 7.49. The number of carbonyl (C=O) groups excluding carboxylic acids is 2. The molecule has 0 saturated carbocycles. The van der Waals surface area contributed by atoms with Crippen LogP contribution in [0.1, 0.15) is 24.2 Å². The normalized spacial score (nSPS) is 14.2. The summed E-state index contributed by atoms with van der Waals surface area (Å²) in [5.74, 6) is -0.896. The fourth-order valence-corrected chi connectivity index (χ4v) is 3.19. The van der Waals surface area contributed by atoms with Crippen molar-refractivity contribution in [1.29, 1.82) is 0 Å². The lowest BCUT2D eigenvalue weighted by atomic mass is 10.1. The van der Waals surface area contributed by atoms with Gasteiger partial charge in [-0.15, -0.1) is 12.4 Å². The summed E-state index contributed by atoms with van der Waals surface area (Å²) >= 11 is 5.79. The first-order chi connectivity index (χ1) is 13.8. The molecule has 0 bridgehead atoms. The molecule has 30 heavy (non-hydrogen) atoms. The number of carbonyl (C=O) groups is 2. The van der Waals surface area contributed by atoms with E-state index in [0.717, 1.165) is 19.2 Å². The van der Waals surface area contributed by atoms with E-state index in [0.29, 0.717) is 24.2 Å². The summed E-state index contributed by atoms with van der Waals surface area (Å²) in [4.78, 5) is 33.2. The summed E-state index contributed by atoms with van der Waals surface area (Å²) in [5, 5.41) is 5.73. The minimum Gasteiger partial charge on any atom is -0.322 e. The van der Waals surface area contributed by atoms with Gasteiger partial charge in [0.05, 0.1) is 16.3 Å². The molecule has 1 aliphatic rings. The molecule has 2 aromatic rings. The third-order valence-electron chi connectivity index (χ3n) is 4.77. The van der Waals surface area contributed by atoms with Crippen LogP contribution in [-0.4, -0.2) is 58.9 Å². The van der Waals surface area contributed by atoms with Gasteiger partial charge in [-0.1, -0.05) is 11.6 Å². The molecule has 1 saturated heterocycles. The predicted octanol–water partition coefficient (Wildman–Crippen LogP) is 4.11. The first kappa shape index (κ1) is 23.9. The Morgan fingerprint density at radius 3 is 2.40 bits per heavy atom. The molecule has 1 aromatic heterocycles. The van der Waals surface area contributed by atoms with E-state index < -0.39 is 11.7 Å². The Kier molecular flexibility index (Phi) is 8.40. The van der Waals surface area contributed by atoms with E-state index >= 15 is 0 Å². The van der Waals surface area contributed by atoms with Crippen LogP contribution in [0.2, 0.25) is 5.02 Å². The number of anilines is 2. The van der Waals surface area contributed by atoms with Gasteiger partial charge in [0.1, 0.15) is 11.6 Å². The molecule has 0 unspecified atom stereocenters. The smallest absolute Gasteiger partial charge is 0.321 e. The van der Waals surface area contributed by atoms with Crippen molar-refractivity contribution in [1.82, 2.24) is 14.8 Å². The van der Waals surface area contributed by atoms with Crippen molar-refractivity contribution < 1.29 is 14.0 Å². The largest absolute Gasteiger partial charge is 0.322 e. The highest BCUT2D eigenvalue weighted by molar-refractivity contribution is 6.30. The maximum Gasteiger partial charge on any atom is 0.321 e. The molecular formula is C20H24Cl2FN5O2. The van der Waals surface area contributed by atoms with Crippen molar-refractivity contribution in [3.63, 3.8) is 0 Å². The second kappa shape index (κ2) is 10.6. The summed E-state index contributed by atoms with van der Waals surface area (Å²) in [6, 6.07) is 6.87. The van der Waals surface area contributed by atoms with E-state index in [1.807, 2.05) is 0 Å². The van der Waals surface area contributed by atoms with E-state index in [2.05, 4.69) is 34.4 Å². The van der Waals surface area contributed by atoms with Gasteiger partial charge in [-0.2, -0.15) is 0 Å². The first-order valence-electron chi connectivity index (χ1n) is 9.36. The number of halogens is 3. The molecule has 2 heterocycles. The number of hydrogen-bond acceptors (Lipinski definition) is 4. The van der Waals surface area contributed by atoms with Crippen LogP contribution >= 0.6 is 24.0 Å². The van der Waals surface area contributed by atoms with Crippen LogP contribution in [0.5, 0.6) is 0 Å². The fraction of sp³-hybridized carbons (Fsp3) is 0.350. The average Bonchev–Trinajstić information content (AvgIpc) is 2.71. The number of rotatable bonds is 4. The highest BCUT2D eigenvalue weighted by Crippen LogP contribution is 2.20. The predicted molar refractivity (Wildman–Crippen MR) is 118 cm³/mol. The summed E-state index contributed by atoms with van der Waals surface area (Å²) in [6.45, 7) is 6.97. The van der Waals surface area contributed by atoms with E-state index in [1.54, 1.807) is 11.0 Å². The lowest BCUT2D eigenvalue weighted by Crippen LogP contribution is -2.51. The minimum absolute atomic E-state index is 0. The lowest BCUT2D eigenvalue weighted by Gasteiger charge is -2.36. The van der Waals surface area contributed by atoms with Crippen LogP contribution in [-0.2, 0) is 0 Å². The van der Waals surface area contributed by atoms with E-state index in [1.165, 1.54) is 24.4 Å². The number of piperazine rings is 1. The highest BCUT2D eigenvalue weighted by atomic mass is 35.5. The molecule has 162 valence electrons. The topological polar surface area (TPSA) is 77.6 Å². The maximum atomic E-state index is 13.8. The molecule has 2 N–H and O–H groups in total. The van der Waals surface area contributed by atoms with Crippen molar-refractivity contribution in [2.45, 2.75) is 19.9 Å². The van der Waals surface area contributed by atoms with Gasteiger partial charge in [0.15, 0.2) is 0 Å². The van der Waals surface area contributed by atoms with E-state index in [-0.39, 0.29) is 35.5 Å². The van der Waals surface area contributed by atoms with Crippen LogP contribution in [0.25, 0.3) is 0 Å². The maximum absolute atomic E-state index is 13.8. The Balaban J connectivity index is 0.00000320. The second-order valence-electron chi connectivity index (χ2n) is 7.05. The number of benzene rings is 1. The summed E-state index contributed by atoms with van der Waals surface area (Å²) in [5.41, 5.74) is 0.241. The average molecular weight is 456 g/mol. The molecular weight excluding hydrogens is 432 g/mol. The van der Waals surface area contributed by atoms with Gasteiger partial charge in [-0.3, -0.25) is 9.69 Å². The number of nitrogens with zero attached hydrogens (tertiary/aromatic N) is 3. The van der Waals surface area contributed by atoms with Crippen LogP contribution in [0.4, 0.5) is 20.7 Å². The first-order valence-corrected chi connectivity index (χ1v) is 9.73. The van der Waals surface area contributed by atoms with E-state index in [4.69, 9.17) is 11.6 Å². The number of pyridine rings is 1. The number of nitrogens with one attached hydrogen (secondary N) is 2. The third kappa shape index (κ3) is 6.04. The highest BCUT2D eigenvalue weighted by Gasteiger charge is 2.24. The Bertz CT molecular complexity index is 887. The van der Waals surface area contributed by atoms with Gasteiger partial charge in [0.2, 0.25) is 0 Å². The minimum atomic E-state index is -0.584. The quantitative estimate of drug-likeness (QED) is 0.726. The Hall–Kier alpha value is -2.42. The van der Waals surface area contributed by atoms with Crippen molar-refractivity contribution in [3.8, 4) is 0 Å². The molecule has 1 fully saturated rings. The van der Waals surface area contributed by atoms with E-state index in [9.17, 15) is 14.0 Å². The SMILES string of the molecule is CC(C)N1CCN(C(=O)Nc2ccc(F)cc2C(=O)Nc2ccc(Cl)cn2)CC1.Cl. The van der Waals surface area contributed by atoms with Crippen LogP contribution < -0.4 is 10.6 Å². The molecule has 7 nitrogen and oxygen atoms in total. The fourth-order valence-electron chi connectivity index (χ4n) is 3.08. The number of hydrogen-bond donors (Lipinski definition) is 2. The molecule has 0 spiro atoms. The van der Waals surface area contributed by atoms with Crippen LogP contribution in [0.3, 0.4) is 0 Å². The molecule has 3 rings (SSSR count). The zero-order chi connectivity index (χ0) is 21.0. The van der Waals surface area contributed by atoms with Crippen LogP contribution in [0, 0.1) is 5.82 Å². The van der Waals surface area contributed by atoms with Gasteiger partial charge < -0.3 is 15.5 Å². The number of urea groups is 1. The van der Waals surface area contributed by atoms with Gasteiger partial charge in [-0.25, -0.2) is 14.2 Å². The zero-order valence-electron chi connectivity index (χ0n) is 16.7. The lowest BCUT2D eigenvalue weighted by molar-refractivity contribution is 0.102. The summed E-state index contributed by atoms with van der Waals surface area (Å²) in [7, 11) is 0. The molecule has 10 heteroatoms. The standard InChI is InChI=1S/C20H23ClFN5O2.ClH/c1-13(2)26-7-9-27(10-8-26)20(29)24-17-5-4-15(22)11-16(17)19(28)25-18-6-3-14(21)12-23-18;/h3-6,11-13H,7-10H2,1-2H3,(H,24,29)(H,23,25,28);1H. The molecule has 1 aromatic carbocycles. The third-order valence-corrected chi connectivity index (χ3v) is 4.99. The van der Waals surface area contributed by atoms with Crippen molar-refractivity contribution in [2.75, 3.05) is 36.8 Å². The summed E-state index contributed by atoms with van der Waals surface area (Å²) in [6.07, 6.45) is 1.39. The molecule has 3 amide bonds. The Morgan fingerprint density at radius 1 is 1.10 bits per heavy atom. The van der Waals surface area contributed by atoms with Crippen LogP contribution in [0.15, 0.2) is 36.5 Å². The van der Waals surface area contributed by atoms with Gasteiger partial charge in [-0.05, 0) is 44.2 Å². The van der Waals surface area contributed by atoms with Gasteiger partial charge >= 0.3 is 6.03 Å². The monoisotopic (exact) mass is 455 g/mol. The Labute approximate surface area is 186 Å². The molecule has 0 atom stereocenters. The molecule has 0 aliphatic carbocycles. The van der Waals surface area contributed by atoms with Crippen molar-refractivity contribution in [3.05, 3.63) is 52.9 Å². The number of amides is 3. The number of aromatic nitrogens is 1. The Morgan fingerprint density at radius 2 is 1.80 bits per heavy atom. The molecule has 1 aliphatic heterocycles. The van der Waals surface area contributed by atoms with Gasteiger partial charge in [0, 0.05) is 38.4 Å². The summed E-state index contributed by atoms with van der Waals surface area (Å²) < 4.78 is 13.8. The van der Waals surface area contributed by atoms with Gasteiger partial charge in [0.25, 0.3) is 5.91 Å².